The van der Waals surface area contributed by atoms with Gasteiger partial charge in [-0.2, -0.15) is 0 Å². The van der Waals surface area contributed by atoms with Gasteiger partial charge in [0.05, 0.1) is 15.6 Å². The van der Waals surface area contributed by atoms with Crippen LogP contribution in [-0.4, -0.2) is 16.2 Å². The number of aromatic hydroxyl groups is 2. The molecule has 140 valence electrons. The molecule has 0 unspecified atom stereocenters. The first-order valence-corrected chi connectivity index (χ1v) is 9.64. The smallest absolute Gasteiger partial charge is 0.341 e. The SMILES string of the molecule is O=C1OC2(c3ccc(O)cc3Oc3cc(O)ccc32)c2cc(Br)c(Cl)c(Cl)c21. The highest BCUT2D eigenvalue weighted by Crippen LogP contribution is 2.58. The zero-order chi connectivity index (χ0) is 19.8. The highest BCUT2D eigenvalue weighted by molar-refractivity contribution is 9.10. The molecule has 0 saturated carbocycles. The van der Waals surface area contributed by atoms with Gasteiger partial charge in [-0.1, -0.05) is 23.2 Å². The summed E-state index contributed by atoms with van der Waals surface area (Å²) in [6.45, 7) is 0. The second kappa shape index (κ2) is 5.80. The quantitative estimate of drug-likeness (QED) is 0.318. The summed E-state index contributed by atoms with van der Waals surface area (Å²) in [4.78, 5) is 12.9. The maximum atomic E-state index is 12.9. The van der Waals surface area contributed by atoms with Crippen molar-refractivity contribution in [3.63, 3.8) is 0 Å². The van der Waals surface area contributed by atoms with E-state index in [0.29, 0.717) is 32.7 Å². The fourth-order valence-electron chi connectivity index (χ4n) is 3.75. The number of fused-ring (bicyclic) bond motifs is 6. The van der Waals surface area contributed by atoms with E-state index in [2.05, 4.69) is 15.9 Å². The average Bonchev–Trinajstić information content (AvgIpc) is 2.92. The van der Waals surface area contributed by atoms with Crippen molar-refractivity contribution in [2.75, 3.05) is 0 Å². The molecule has 0 saturated heterocycles. The van der Waals surface area contributed by atoms with Gasteiger partial charge in [0.15, 0.2) is 5.60 Å². The summed E-state index contributed by atoms with van der Waals surface area (Å²) in [5.74, 6) is -0.0778. The van der Waals surface area contributed by atoms with Crippen LogP contribution in [0.3, 0.4) is 0 Å². The lowest BCUT2D eigenvalue weighted by molar-refractivity contribution is 0.0224. The fraction of sp³-hybridized carbons (Fsp3) is 0.0500. The van der Waals surface area contributed by atoms with E-state index in [0.717, 1.165) is 0 Å². The largest absolute Gasteiger partial charge is 0.508 e. The molecular weight excluding hydrogens is 471 g/mol. The molecule has 8 heteroatoms. The van der Waals surface area contributed by atoms with E-state index in [4.69, 9.17) is 32.7 Å². The molecule has 0 amide bonds. The Bertz CT molecular complexity index is 1160. The molecule has 5 rings (SSSR count). The lowest BCUT2D eigenvalue weighted by atomic mass is 9.77. The van der Waals surface area contributed by atoms with Crippen molar-refractivity contribution in [3.05, 3.63) is 79.2 Å². The van der Waals surface area contributed by atoms with Crippen LogP contribution in [0.5, 0.6) is 23.0 Å². The molecule has 2 heterocycles. The van der Waals surface area contributed by atoms with Crippen LogP contribution in [0, 0.1) is 0 Å². The summed E-state index contributed by atoms with van der Waals surface area (Å²) in [7, 11) is 0. The lowest BCUT2D eigenvalue weighted by Gasteiger charge is -2.36. The molecule has 0 radical (unpaired) electrons. The third kappa shape index (κ3) is 2.16. The standard InChI is InChI=1S/C20H9BrCl2O5/c21-13-7-12-16(18(23)17(13)22)19(26)28-20(12)10-3-1-8(24)5-14(10)27-15-6-9(25)2-4-11(15)20/h1-7,24-25H. The van der Waals surface area contributed by atoms with E-state index >= 15 is 0 Å². The Labute approximate surface area is 177 Å². The summed E-state index contributed by atoms with van der Waals surface area (Å²) < 4.78 is 12.3. The molecule has 3 aromatic rings. The van der Waals surface area contributed by atoms with E-state index in [1.807, 2.05) is 0 Å². The van der Waals surface area contributed by atoms with Crippen LogP contribution in [0.15, 0.2) is 46.9 Å². The summed E-state index contributed by atoms with van der Waals surface area (Å²) in [5, 5.41) is 20.1. The summed E-state index contributed by atoms with van der Waals surface area (Å²) >= 11 is 16.0. The van der Waals surface area contributed by atoms with Crippen LogP contribution < -0.4 is 4.74 Å². The van der Waals surface area contributed by atoms with Gasteiger partial charge < -0.3 is 19.7 Å². The number of carbonyl (C=O) groups is 1. The van der Waals surface area contributed by atoms with Crippen molar-refractivity contribution in [3.8, 4) is 23.0 Å². The summed E-state index contributed by atoms with van der Waals surface area (Å²) in [5.41, 5.74) is 0.311. The van der Waals surface area contributed by atoms with Gasteiger partial charge in [0.25, 0.3) is 0 Å². The number of esters is 1. The first-order valence-electron chi connectivity index (χ1n) is 8.09. The van der Waals surface area contributed by atoms with Gasteiger partial charge in [0.2, 0.25) is 0 Å². The average molecular weight is 480 g/mol. The zero-order valence-corrected chi connectivity index (χ0v) is 16.9. The van der Waals surface area contributed by atoms with Crippen LogP contribution in [0.25, 0.3) is 0 Å². The molecule has 1 spiro atoms. The number of carbonyl (C=O) groups excluding carboxylic acids is 1. The number of benzene rings is 3. The number of phenolic OH excluding ortho intramolecular Hbond substituents is 2. The Morgan fingerprint density at radius 3 is 2.00 bits per heavy atom. The number of ether oxygens (including phenoxy) is 2. The maximum absolute atomic E-state index is 12.9. The predicted octanol–water partition coefficient (Wildman–Crippen LogP) is 5.74. The van der Waals surface area contributed by atoms with Crippen molar-refractivity contribution in [1.29, 1.82) is 0 Å². The molecule has 0 aliphatic carbocycles. The topological polar surface area (TPSA) is 76.0 Å². The number of hydrogen-bond donors (Lipinski definition) is 2. The van der Waals surface area contributed by atoms with Gasteiger partial charge in [-0.3, -0.25) is 0 Å². The van der Waals surface area contributed by atoms with Crippen molar-refractivity contribution in [2.45, 2.75) is 5.60 Å². The number of rotatable bonds is 0. The molecule has 2 aliphatic rings. The molecular formula is C20H9BrCl2O5. The van der Waals surface area contributed by atoms with Gasteiger partial charge in [-0.05, 0) is 46.3 Å². The number of halogens is 3. The zero-order valence-electron chi connectivity index (χ0n) is 13.8. The summed E-state index contributed by atoms with van der Waals surface area (Å²) in [6.07, 6.45) is 0. The Balaban J connectivity index is 1.94. The Morgan fingerprint density at radius 2 is 1.43 bits per heavy atom. The predicted molar refractivity (Wildman–Crippen MR) is 106 cm³/mol. The highest BCUT2D eigenvalue weighted by atomic mass is 79.9. The van der Waals surface area contributed by atoms with Crippen LogP contribution in [0.4, 0.5) is 0 Å². The van der Waals surface area contributed by atoms with E-state index in [-0.39, 0.29) is 27.1 Å². The Hall–Kier alpha value is -2.41. The molecule has 2 N–H and O–H groups in total. The van der Waals surface area contributed by atoms with E-state index in [1.54, 1.807) is 18.2 Å². The van der Waals surface area contributed by atoms with Crippen molar-refractivity contribution in [1.82, 2.24) is 0 Å². The van der Waals surface area contributed by atoms with Gasteiger partial charge in [-0.15, -0.1) is 0 Å². The molecule has 2 aliphatic heterocycles. The second-order valence-corrected chi connectivity index (χ2v) is 8.05. The normalized spacial score (nSPS) is 15.5. The van der Waals surface area contributed by atoms with E-state index in [9.17, 15) is 15.0 Å². The van der Waals surface area contributed by atoms with Crippen molar-refractivity contribution < 1.29 is 24.5 Å². The molecule has 0 fully saturated rings. The van der Waals surface area contributed by atoms with Crippen LogP contribution >= 0.6 is 39.1 Å². The monoisotopic (exact) mass is 478 g/mol. The van der Waals surface area contributed by atoms with Gasteiger partial charge in [-0.25, -0.2) is 4.79 Å². The van der Waals surface area contributed by atoms with E-state index in [1.165, 1.54) is 24.3 Å². The van der Waals surface area contributed by atoms with Crippen LogP contribution in [-0.2, 0) is 10.3 Å². The third-order valence-corrected chi connectivity index (χ3v) is 6.62. The maximum Gasteiger partial charge on any atom is 0.341 e. The first kappa shape index (κ1) is 17.7. The molecule has 5 nitrogen and oxygen atoms in total. The third-order valence-electron chi connectivity index (χ3n) is 4.90. The fourth-order valence-corrected chi connectivity index (χ4v) is 4.72. The second-order valence-electron chi connectivity index (χ2n) is 6.44. The van der Waals surface area contributed by atoms with Crippen molar-refractivity contribution >= 4 is 45.1 Å². The Kier molecular flexibility index (Phi) is 3.66. The summed E-state index contributed by atoms with van der Waals surface area (Å²) in [6, 6.07) is 10.7. The molecule has 28 heavy (non-hydrogen) atoms. The first-order chi connectivity index (χ1) is 13.3. The van der Waals surface area contributed by atoms with Gasteiger partial charge in [0, 0.05) is 33.3 Å². The molecule has 0 aromatic heterocycles. The highest BCUT2D eigenvalue weighted by Gasteiger charge is 2.54. The number of phenols is 2. The van der Waals surface area contributed by atoms with E-state index < -0.39 is 11.6 Å². The minimum atomic E-state index is -1.37. The van der Waals surface area contributed by atoms with Crippen LogP contribution in [0.1, 0.15) is 27.0 Å². The molecule has 0 atom stereocenters. The minimum Gasteiger partial charge on any atom is -0.508 e. The van der Waals surface area contributed by atoms with Crippen LogP contribution in [0.2, 0.25) is 10.0 Å². The number of hydrogen-bond acceptors (Lipinski definition) is 5. The Morgan fingerprint density at radius 1 is 0.857 bits per heavy atom. The lowest BCUT2D eigenvalue weighted by Crippen LogP contribution is -2.32. The van der Waals surface area contributed by atoms with Crippen molar-refractivity contribution in [2.24, 2.45) is 0 Å². The molecule has 3 aromatic carbocycles. The van der Waals surface area contributed by atoms with Gasteiger partial charge in [0.1, 0.15) is 23.0 Å². The van der Waals surface area contributed by atoms with Gasteiger partial charge >= 0.3 is 5.97 Å². The molecule has 0 bridgehead atoms. The minimum absolute atomic E-state index is 0.0163.